The number of hydrogen-bond donors (Lipinski definition) is 0. The highest BCUT2D eigenvalue weighted by molar-refractivity contribution is 14.3. The first-order chi connectivity index (χ1) is 11.7. The van der Waals surface area contributed by atoms with Gasteiger partial charge in [-0.15, -0.1) is 0 Å². The van der Waals surface area contributed by atoms with E-state index in [2.05, 4.69) is 67.8 Å². The van der Waals surface area contributed by atoms with Crippen molar-refractivity contribution in [1.29, 1.82) is 0 Å². The minimum absolute atomic E-state index is 0.0211. The second-order valence-corrected chi connectivity index (χ2v) is 17.4. The summed E-state index contributed by atoms with van der Waals surface area (Å²) in [6, 6.07) is 5.53. The van der Waals surface area contributed by atoms with Crippen LogP contribution in [0.4, 0.5) is 0 Å². The molecule has 1 aromatic rings. The first-order valence-corrected chi connectivity index (χ1v) is 12.1. The van der Waals surface area contributed by atoms with Crippen LogP contribution in [0, 0.1) is 5.92 Å². The molecule has 10 heteroatoms. The number of ketones is 1. The molecule has 0 aliphatic carbocycles. The summed E-state index contributed by atoms with van der Waals surface area (Å²) in [5.74, 6) is 0.810. The molecule has 138 valence electrons. The van der Waals surface area contributed by atoms with Crippen LogP contribution in [-0.4, -0.2) is 35.1 Å². The van der Waals surface area contributed by atoms with Crippen LogP contribution in [0.2, 0.25) is 0 Å². The molecule has 1 aliphatic heterocycles. The van der Waals surface area contributed by atoms with E-state index in [1.54, 1.807) is 18.1 Å². The van der Waals surface area contributed by atoms with Gasteiger partial charge in [-0.3, -0.25) is 9.59 Å². The fourth-order valence-electron chi connectivity index (χ4n) is 2.62. The van der Waals surface area contributed by atoms with Gasteiger partial charge in [0.25, 0.3) is -0.379 Å². The molecule has 2 unspecified atom stereocenters. The molecule has 1 heterocycles. The van der Waals surface area contributed by atoms with Gasteiger partial charge in [0, 0.05) is 24.7 Å². The van der Waals surface area contributed by atoms with E-state index in [0.29, 0.717) is 24.6 Å². The number of nitrogens with zero attached hydrogens (tertiary/aromatic N) is 1. The van der Waals surface area contributed by atoms with Crippen LogP contribution in [0.15, 0.2) is 18.2 Å². The lowest BCUT2D eigenvalue weighted by Crippen LogP contribution is -2.27. The second kappa shape index (κ2) is 9.32. The Hall–Kier alpha value is 0.790. The minimum Gasteiger partial charge on any atom is -0.496 e. The Morgan fingerprint density at radius 3 is 2.60 bits per heavy atom. The van der Waals surface area contributed by atoms with Crippen molar-refractivity contribution in [3.63, 3.8) is 0 Å². The normalized spacial score (nSPS) is 20.7. The predicted octanol–water partition coefficient (Wildman–Crippen LogP) is 4.79. The van der Waals surface area contributed by atoms with Gasteiger partial charge in [0.1, 0.15) is 22.5 Å². The van der Waals surface area contributed by atoms with Gasteiger partial charge in [-0.05, 0) is 108 Å². The highest BCUT2D eigenvalue weighted by Crippen LogP contribution is 2.39. The summed E-state index contributed by atoms with van der Waals surface area (Å²) < 4.78 is 10.9. The number of amides is 1. The number of Topliss-reactive ketones (excluding diaryl/α,β-unsaturated/α-hetero) is 1. The number of methoxy groups -OCH3 is 1. The van der Waals surface area contributed by atoms with Gasteiger partial charge in [0.15, 0.2) is 0 Å². The summed E-state index contributed by atoms with van der Waals surface area (Å²) in [6.07, 6.45) is 0. The molecule has 0 radical (unpaired) electrons. The van der Waals surface area contributed by atoms with Crippen molar-refractivity contribution in [2.24, 2.45) is 5.92 Å². The number of ether oxygens (including phenoxy) is 2. The highest BCUT2D eigenvalue weighted by Gasteiger charge is 2.43. The number of hydrogen-bond acceptors (Lipinski definition) is 5. The Morgan fingerprint density at radius 2 is 2.12 bits per heavy atom. The predicted molar refractivity (Wildman–Crippen MR) is 125 cm³/mol. The Labute approximate surface area is 196 Å². The van der Waals surface area contributed by atoms with Gasteiger partial charge in [0.2, 0.25) is 5.91 Å². The van der Waals surface area contributed by atoms with E-state index in [4.69, 9.17) is 20.2 Å². The third-order valence-electron chi connectivity index (χ3n) is 3.81. The van der Waals surface area contributed by atoms with Crippen molar-refractivity contribution < 1.29 is 19.1 Å². The largest absolute Gasteiger partial charge is 0.496 e. The SMILES string of the molecule is COc1cc(OC(I)(I)I)ccc1CN1CC(C(C)=O)C(SCl)C1=O. The zero-order valence-electron chi connectivity index (χ0n) is 13.3. The Bertz CT molecular complexity index is 671. The monoisotopic (exact) mass is 721 g/mol. The molecule has 0 spiro atoms. The molecule has 0 N–H and O–H groups in total. The number of likely N-dealkylation sites (tertiary alicyclic amines) is 1. The summed E-state index contributed by atoms with van der Waals surface area (Å²) in [6.45, 7) is 2.24. The Kier molecular flexibility index (Phi) is 8.24. The molecule has 25 heavy (non-hydrogen) atoms. The molecule has 1 fully saturated rings. The summed E-state index contributed by atoms with van der Waals surface area (Å²) in [4.78, 5) is 25.9. The number of carbonyl (C=O) groups excluding carboxylic acids is 2. The van der Waals surface area contributed by atoms with Crippen molar-refractivity contribution >= 4 is 101 Å². The maximum Gasteiger partial charge on any atom is 0.258 e. The second-order valence-electron chi connectivity index (χ2n) is 5.47. The Balaban J connectivity index is 2.19. The number of benzene rings is 1. The van der Waals surface area contributed by atoms with Gasteiger partial charge >= 0.3 is 0 Å². The van der Waals surface area contributed by atoms with Crippen molar-refractivity contribution in [1.82, 2.24) is 4.90 Å². The maximum absolute atomic E-state index is 12.5. The van der Waals surface area contributed by atoms with Crippen LogP contribution in [0.3, 0.4) is 0 Å². The van der Waals surface area contributed by atoms with E-state index in [-0.39, 0.29) is 17.6 Å². The van der Waals surface area contributed by atoms with E-state index in [0.717, 1.165) is 16.5 Å². The quantitative estimate of drug-likeness (QED) is 0.300. The third-order valence-corrected chi connectivity index (χ3v) is 5.77. The molecule has 1 aliphatic rings. The van der Waals surface area contributed by atoms with Crippen LogP contribution in [-0.2, 0) is 16.1 Å². The summed E-state index contributed by atoms with van der Waals surface area (Å²) in [5, 5.41) is -0.523. The molecule has 2 atom stereocenters. The fraction of sp³-hybridized carbons (Fsp3) is 0.467. The van der Waals surface area contributed by atoms with Crippen LogP contribution in [0.25, 0.3) is 0 Å². The first kappa shape index (κ1) is 22.1. The lowest BCUT2D eigenvalue weighted by molar-refractivity contribution is -0.128. The summed E-state index contributed by atoms with van der Waals surface area (Å²) in [7, 11) is 8.32. The van der Waals surface area contributed by atoms with Crippen LogP contribution >= 0.6 is 89.4 Å². The molecular weight excluding hydrogens is 706 g/mol. The topological polar surface area (TPSA) is 55.8 Å². The Morgan fingerprint density at radius 1 is 1.44 bits per heavy atom. The van der Waals surface area contributed by atoms with E-state index in [1.165, 1.54) is 6.92 Å². The van der Waals surface area contributed by atoms with Crippen LogP contribution in [0.1, 0.15) is 12.5 Å². The average Bonchev–Trinajstić information content (AvgIpc) is 2.83. The van der Waals surface area contributed by atoms with Gasteiger partial charge in [0.05, 0.1) is 13.0 Å². The van der Waals surface area contributed by atoms with Crippen molar-refractivity contribution in [2.75, 3.05) is 13.7 Å². The van der Waals surface area contributed by atoms with Gasteiger partial charge in [-0.1, -0.05) is 0 Å². The molecule has 5 nitrogen and oxygen atoms in total. The number of halogens is 4. The molecule has 0 aromatic heterocycles. The van der Waals surface area contributed by atoms with E-state index in [1.807, 2.05) is 12.1 Å². The fourth-order valence-corrected chi connectivity index (χ4v) is 4.61. The van der Waals surface area contributed by atoms with Crippen molar-refractivity contribution in [2.45, 2.75) is 18.3 Å². The van der Waals surface area contributed by atoms with Crippen molar-refractivity contribution in [3.05, 3.63) is 23.8 Å². The molecule has 0 bridgehead atoms. The standard InChI is InChI=1S/C15H15ClI3NO4S/c1-8(21)11-7-20(14(22)13(11)25-16)6-9-3-4-10(5-12(9)23-2)24-15(17,18)19/h3-5,11,13H,6-7H2,1-2H3. The minimum atomic E-state index is -0.523. The molecular formula is C15H15ClI3NO4S. The van der Waals surface area contributed by atoms with Gasteiger partial charge in [-0.25, -0.2) is 0 Å². The first-order valence-electron chi connectivity index (χ1n) is 7.15. The van der Waals surface area contributed by atoms with Crippen LogP contribution < -0.4 is 9.47 Å². The molecule has 1 saturated heterocycles. The smallest absolute Gasteiger partial charge is 0.258 e. The third kappa shape index (κ3) is 5.88. The summed E-state index contributed by atoms with van der Waals surface area (Å²) in [5.41, 5.74) is 0.853. The van der Waals surface area contributed by atoms with Crippen LogP contribution in [0.5, 0.6) is 11.5 Å². The number of carbonyl (C=O) groups is 2. The average molecular weight is 722 g/mol. The lowest BCUT2D eigenvalue weighted by Gasteiger charge is -2.20. The van der Waals surface area contributed by atoms with Gasteiger partial charge in [-0.2, -0.15) is 0 Å². The van der Waals surface area contributed by atoms with E-state index in [9.17, 15) is 9.59 Å². The molecule has 1 aromatic carbocycles. The zero-order valence-corrected chi connectivity index (χ0v) is 21.3. The van der Waals surface area contributed by atoms with Gasteiger partial charge < -0.3 is 14.4 Å². The van der Waals surface area contributed by atoms with Crippen molar-refractivity contribution in [3.8, 4) is 11.5 Å². The van der Waals surface area contributed by atoms with E-state index < -0.39 is 4.87 Å². The number of alkyl halides is 3. The lowest BCUT2D eigenvalue weighted by atomic mass is 10.0. The zero-order chi connectivity index (χ0) is 18.8. The number of rotatable bonds is 7. The molecule has 2 rings (SSSR count). The summed E-state index contributed by atoms with van der Waals surface area (Å²) >= 11 is 6.54. The van der Waals surface area contributed by atoms with E-state index >= 15 is 0 Å². The maximum atomic E-state index is 12.5. The molecule has 0 saturated carbocycles. The highest BCUT2D eigenvalue weighted by atomic mass is 127. The molecule has 1 amide bonds.